The summed E-state index contributed by atoms with van der Waals surface area (Å²) in [5.74, 6) is 0.131. The standard InChI is InChI=1S/C13H14N2O2/c14-10-2-4-11(5-3-10)15-8-9-1-6-12(16)7-13(9)17/h1-7,15-17H,8,14H2. The lowest BCUT2D eigenvalue weighted by Crippen LogP contribution is -1.99. The molecule has 0 fully saturated rings. The molecule has 0 bridgehead atoms. The fraction of sp³-hybridized carbons (Fsp3) is 0.0769. The summed E-state index contributed by atoms with van der Waals surface area (Å²) in [5, 5.41) is 21.9. The normalized spacial score (nSPS) is 10.1. The van der Waals surface area contributed by atoms with Gasteiger partial charge in [0.05, 0.1) is 0 Å². The third kappa shape index (κ3) is 2.81. The Balaban J connectivity index is 2.04. The van der Waals surface area contributed by atoms with Crippen molar-refractivity contribution in [1.82, 2.24) is 0 Å². The third-order valence-electron chi connectivity index (χ3n) is 2.46. The van der Waals surface area contributed by atoms with Gasteiger partial charge in [0.2, 0.25) is 0 Å². The van der Waals surface area contributed by atoms with E-state index in [1.807, 2.05) is 12.1 Å². The molecular formula is C13H14N2O2. The second kappa shape index (κ2) is 4.65. The van der Waals surface area contributed by atoms with Crippen LogP contribution in [0.2, 0.25) is 0 Å². The number of phenols is 2. The van der Waals surface area contributed by atoms with Crippen molar-refractivity contribution in [2.75, 3.05) is 11.1 Å². The van der Waals surface area contributed by atoms with E-state index in [2.05, 4.69) is 5.32 Å². The third-order valence-corrected chi connectivity index (χ3v) is 2.46. The van der Waals surface area contributed by atoms with E-state index >= 15 is 0 Å². The molecule has 4 nitrogen and oxygen atoms in total. The largest absolute Gasteiger partial charge is 0.508 e. The number of rotatable bonds is 3. The number of anilines is 2. The van der Waals surface area contributed by atoms with E-state index in [0.717, 1.165) is 11.3 Å². The molecule has 0 aliphatic rings. The molecule has 0 spiro atoms. The summed E-state index contributed by atoms with van der Waals surface area (Å²) in [6.07, 6.45) is 0. The number of hydrogen-bond donors (Lipinski definition) is 4. The van der Waals surface area contributed by atoms with Crippen molar-refractivity contribution in [3.05, 3.63) is 48.0 Å². The highest BCUT2D eigenvalue weighted by Crippen LogP contribution is 2.23. The predicted octanol–water partition coefficient (Wildman–Crippen LogP) is 2.29. The quantitative estimate of drug-likeness (QED) is 0.610. The van der Waals surface area contributed by atoms with Crippen LogP contribution in [0.15, 0.2) is 42.5 Å². The molecule has 0 saturated carbocycles. The molecule has 5 N–H and O–H groups in total. The van der Waals surface area contributed by atoms with Crippen LogP contribution in [-0.4, -0.2) is 10.2 Å². The lowest BCUT2D eigenvalue weighted by atomic mass is 10.2. The predicted molar refractivity (Wildman–Crippen MR) is 68.0 cm³/mol. The van der Waals surface area contributed by atoms with E-state index in [0.29, 0.717) is 12.2 Å². The fourth-order valence-corrected chi connectivity index (χ4v) is 1.50. The molecule has 17 heavy (non-hydrogen) atoms. The maximum atomic E-state index is 9.59. The highest BCUT2D eigenvalue weighted by molar-refractivity contribution is 5.52. The van der Waals surface area contributed by atoms with Crippen molar-refractivity contribution in [3.8, 4) is 11.5 Å². The Labute approximate surface area is 99.3 Å². The van der Waals surface area contributed by atoms with E-state index in [1.165, 1.54) is 6.07 Å². The highest BCUT2D eigenvalue weighted by Gasteiger charge is 2.01. The van der Waals surface area contributed by atoms with Crippen molar-refractivity contribution in [2.45, 2.75) is 6.54 Å². The van der Waals surface area contributed by atoms with E-state index < -0.39 is 0 Å². The van der Waals surface area contributed by atoms with Gasteiger partial charge in [0.1, 0.15) is 11.5 Å². The SMILES string of the molecule is Nc1ccc(NCc2ccc(O)cc2O)cc1. The second-order valence-corrected chi connectivity index (χ2v) is 3.79. The highest BCUT2D eigenvalue weighted by atomic mass is 16.3. The zero-order valence-electron chi connectivity index (χ0n) is 9.22. The van der Waals surface area contributed by atoms with Gasteiger partial charge in [0.15, 0.2) is 0 Å². The summed E-state index contributed by atoms with van der Waals surface area (Å²) in [7, 11) is 0. The molecule has 0 aromatic heterocycles. The lowest BCUT2D eigenvalue weighted by molar-refractivity contribution is 0.446. The van der Waals surface area contributed by atoms with Crippen LogP contribution in [0.25, 0.3) is 0 Å². The smallest absolute Gasteiger partial charge is 0.124 e. The van der Waals surface area contributed by atoms with Crippen molar-refractivity contribution >= 4 is 11.4 Å². The number of nitrogens with two attached hydrogens (primary N) is 1. The van der Waals surface area contributed by atoms with Crippen LogP contribution in [0.4, 0.5) is 11.4 Å². The van der Waals surface area contributed by atoms with Gasteiger partial charge >= 0.3 is 0 Å². The number of nitrogens with one attached hydrogen (secondary N) is 1. The van der Waals surface area contributed by atoms with Gasteiger partial charge in [-0.1, -0.05) is 0 Å². The van der Waals surface area contributed by atoms with Gasteiger partial charge in [-0.3, -0.25) is 0 Å². The van der Waals surface area contributed by atoms with E-state index in [1.54, 1.807) is 24.3 Å². The minimum Gasteiger partial charge on any atom is -0.508 e. The number of nitrogen functional groups attached to an aromatic ring is 1. The van der Waals surface area contributed by atoms with Gasteiger partial charge in [-0.2, -0.15) is 0 Å². The Bertz CT molecular complexity index is 509. The summed E-state index contributed by atoms with van der Waals surface area (Å²) < 4.78 is 0. The summed E-state index contributed by atoms with van der Waals surface area (Å²) >= 11 is 0. The van der Waals surface area contributed by atoms with Crippen LogP contribution >= 0.6 is 0 Å². The van der Waals surface area contributed by atoms with E-state index in [4.69, 9.17) is 10.8 Å². The molecule has 88 valence electrons. The zero-order chi connectivity index (χ0) is 12.3. The first-order valence-corrected chi connectivity index (χ1v) is 5.25. The van der Waals surface area contributed by atoms with Gasteiger partial charge in [-0.05, 0) is 36.4 Å². The zero-order valence-corrected chi connectivity index (χ0v) is 9.22. The van der Waals surface area contributed by atoms with E-state index in [9.17, 15) is 5.11 Å². The van der Waals surface area contributed by atoms with Crippen LogP contribution in [-0.2, 0) is 6.54 Å². The van der Waals surface area contributed by atoms with Crippen LogP contribution < -0.4 is 11.1 Å². The molecule has 2 rings (SSSR count). The Morgan fingerprint density at radius 3 is 2.35 bits per heavy atom. The maximum absolute atomic E-state index is 9.59. The first kappa shape index (κ1) is 11.1. The number of aromatic hydroxyl groups is 2. The number of phenolic OH excluding ortho intramolecular Hbond substituents is 2. The van der Waals surface area contributed by atoms with Gasteiger partial charge in [0, 0.05) is 29.5 Å². The Morgan fingerprint density at radius 1 is 1.00 bits per heavy atom. The second-order valence-electron chi connectivity index (χ2n) is 3.79. The van der Waals surface area contributed by atoms with Crippen molar-refractivity contribution < 1.29 is 10.2 Å². The molecule has 4 heteroatoms. The monoisotopic (exact) mass is 230 g/mol. The molecule has 0 unspecified atom stereocenters. The van der Waals surface area contributed by atoms with E-state index in [-0.39, 0.29) is 11.5 Å². The van der Waals surface area contributed by atoms with Crippen molar-refractivity contribution in [3.63, 3.8) is 0 Å². The minimum absolute atomic E-state index is 0.0544. The first-order valence-electron chi connectivity index (χ1n) is 5.25. The van der Waals surface area contributed by atoms with Crippen LogP contribution in [0.5, 0.6) is 11.5 Å². The van der Waals surface area contributed by atoms with Crippen LogP contribution in [0, 0.1) is 0 Å². The summed E-state index contributed by atoms with van der Waals surface area (Å²) in [5.41, 5.74) is 7.94. The summed E-state index contributed by atoms with van der Waals surface area (Å²) in [6, 6.07) is 11.9. The van der Waals surface area contributed by atoms with Crippen molar-refractivity contribution in [1.29, 1.82) is 0 Å². The molecule has 0 saturated heterocycles. The average molecular weight is 230 g/mol. The Morgan fingerprint density at radius 2 is 1.71 bits per heavy atom. The number of benzene rings is 2. The lowest BCUT2D eigenvalue weighted by Gasteiger charge is -2.08. The maximum Gasteiger partial charge on any atom is 0.124 e. The van der Waals surface area contributed by atoms with Gasteiger partial charge in [-0.25, -0.2) is 0 Å². The molecule has 0 amide bonds. The van der Waals surface area contributed by atoms with Crippen LogP contribution in [0.1, 0.15) is 5.56 Å². The van der Waals surface area contributed by atoms with Gasteiger partial charge < -0.3 is 21.3 Å². The summed E-state index contributed by atoms with van der Waals surface area (Å²) in [4.78, 5) is 0. The molecule has 2 aromatic rings. The van der Waals surface area contributed by atoms with Crippen molar-refractivity contribution in [2.24, 2.45) is 0 Å². The average Bonchev–Trinajstić information content (AvgIpc) is 2.30. The van der Waals surface area contributed by atoms with Gasteiger partial charge in [0.25, 0.3) is 0 Å². The van der Waals surface area contributed by atoms with Crippen LogP contribution in [0.3, 0.4) is 0 Å². The Kier molecular flexibility index (Phi) is 3.05. The molecule has 2 aromatic carbocycles. The minimum atomic E-state index is 0.0544. The van der Waals surface area contributed by atoms with Gasteiger partial charge in [-0.15, -0.1) is 0 Å². The molecular weight excluding hydrogens is 216 g/mol. The first-order chi connectivity index (χ1) is 8.15. The number of hydrogen-bond acceptors (Lipinski definition) is 4. The molecule has 0 heterocycles. The molecule has 0 radical (unpaired) electrons. The fourth-order valence-electron chi connectivity index (χ4n) is 1.50. The molecule has 0 aliphatic heterocycles. The Hall–Kier alpha value is -2.36. The topological polar surface area (TPSA) is 78.5 Å². The molecule has 0 aliphatic carbocycles. The summed E-state index contributed by atoms with van der Waals surface area (Å²) in [6.45, 7) is 0.482. The molecule has 0 atom stereocenters.